The molecule has 10 nitrogen and oxygen atoms in total. The first-order valence-corrected chi connectivity index (χ1v) is 10.8. The number of aliphatic hydroxyl groups excluding tert-OH is 1. The Kier molecular flexibility index (Phi) is 9.07. The number of hydrogen-bond donors (Lipinski definition) is 1. The Morgan fingerprint density at radius 3 is 1.52 bits per heavy atom. The molecular formula is C23H38O10. The van der Waals surface area contributed by atoms with Gasteiger partial charge in [0.2, 0.25) is 0 Å². The van der Waals surface area contributed by atoms with E-state index in [9.17, 15) is 24.3 Å². The Labute approximate surface area is 195 Å². The highest BCUT2D eigenvalue weighted by Gasteiger charge is 2.53. The van der Waals surface area contributed by atoms with Crippen LogP contribution in [0.15, 0.2) is 0 Å². The van der Waals surface area contributed by atoms with E-state index >= 15 is 0 Å². The molecule has 1 aliphatic heterocycles. The maximum Gasteiger partial charge on any atom is 0.311 e. The molecule has 0 saturated carbocycles. The SMILES string of the molecule is CC(=O)O[C@@H]1[C@H](OC(=O)C(C)(C)C)[C@@H](OC(=O)C(C)(C)C)[C@@H](O)O[C@@H]1COC(=O)C(C)(C)C. The van der Waals surface area contributed by atoms with Gasteiger partial charge in [-0.15, -0.1) is 0 Å². The van der Waals surface area contributed by atoms with Gasteiger partial charge in [-0.1, -0.05) is 0 Å². The van der Waals surface area contributed by atoms with Gasteiger partial charge in [0, 0.05) is 6.92 Å². The minimum Gasteiger partial charge on any atom is -0.462 e. The van der Waals surface area contributed by atoms with Gasteiger partial charge >= 0.3 is 23.9 Å². The quantitative estimate of drug-likeness (QED) is 0.466. The molecule has 5 atom stereocenters. The van der Waals surface area contributed by atoms with E-state index < -0.39 is 77.4 Å². The summed E-state index contributed by atoms with van der Waals surface area (Å²) in [6.07, 6.45) is -7.13. The molecule has 1 saturated heterocycles. The predicted octanol–water partition coefficient (Wildman–Crippen LogP) is 2.14. The van der Waals surface area contributed by atoms with Gasteiger partial charge in [0.15, 0.2) is 24.6 Å². The summed E-state index contributed by atoms with van der Waals surface area (Å²) in [4.78, 5) is 49.3. The molecule has 0 aromatic carbocycles. The van der Waals surface area contributed by atoms with Crippen LogP contribution in [0, 0.1) is 16.2 Å². The van der Waals surface area contributed by atoms with Crippen molar-refractivity contribution in [2.45, 2.75) is 99.9 Å². The van der Waals surface area contributed by atoms with Crippen LogP contribution in [-0.4, -0.2) is 66.3 Å². The van der Waals surface area contributed by atoms with E-state index in [0.717, 1.165) is 6.92 Å². The number of carbonyl (C=O) groups excluding carboxylic acids is 4. The summed E-state index contributed by atoms with van der Waals surface area (Å²) in [5.41, 5.74) is -2.70. The molecule has 1 rings (SSSR count). The van der Waals surface area contributed by atoms with Crippen LogP contribution in [0.1, 0.15) is 69.2 Å². The molecule has 0 aromatic heterocycles. The summed E-state index contributed by atoms with van der Waals surface area (Å²) >= 11 is 0. The second-order valence-electron chi connectivity index (χ2n) is 11.2. The van der Waals surface area contributed by atoms with Crippen LogP contribution < -0.4 is 0 Å². The number of hydrogen-bond acceptors (Lipinski definition) is 10. The maximum atomic E-state index is 12.7. The number of ether oxygens (including phenoxy) is 5. The summed E-state index contributed by atoms with van der Waals surface area (Å²) in [5, 5.41) is 10.6. The zero-order valence-corrected chi connectivity index (χ0v) is 21.2. The van der Waals surface area contributed by atoms with Crippen LogP contribution in [0.3, 0.4) is 0 Å². The molecule has 0 aromatic rings. The number of carbonyl (C=O) groups is 4. The molecule has 0 bridgehead atoms. The second-order valence-corrected chi connectivity index (χ2v) is 11.2. The van der Waals surface area contributed by atoms with Gasteiger partial charge in [-0.2, -0.15) is 0 Å². The first kappa shape index (κ1) is 28.8. The molecule has 1 heterocycles. The lowest BCUT2D eigenvalue weighted by molar-refractivity contribution is -0.299. The Morgan fingerprint density at radius 2 is 1.12 bits per heavy atom. The fraction of sp³-hybridized carbons (Fsp3) is 0.826. The van der Waals surface area contributed by atoms with Gasteiger partial charge < -0.3 is 28.8 Å². The van der Waals surface area contributed by atoms with Crippen LogP contribution >= 0.6 is 0 Å². The summed E-state index contributed by atoms with van der Waals surface area (Å²) in [7, 11) is 0. The Morgan fingerprint density at radius 1 is 0.697 bits per heavy atom. The van der Waals surface area contributed by atoms with Crippen molar-refractivity contribution in [3.63, 3.8) is 0 Å². The maximum absolute atomic E-state index is 12.7. The zero-order valence-electron chi connectivity index (χ0n) is 21.2. The highest BCUT2D eigenvalue weighted by molar-refractivity contribution is 5.77. The molecule has 190 valence electrons. The van der Waals surface area contributed by atoms with Crippen molar-refractivity contribution in [3.05, 3.63) is 0 Å². The summed E-state index contributed by atoms with van der Waals surface area (Å²) in [6.45, 7) is 15.4. The molecule has 33 heavy (non-hydrogen) atoms. The van der Waals surface area contributed by atoms with E-state index in [-0.39, 0.29) is 0 Å². The molecule has 0 aliphatic carbocycles. The first-order chi connectivity index (χ1) is 14.7. The van der Waals surface area contributed by atoms with Crippen molar-refractivity contribution in [3.8, 4) is 0 Å². The predicted molar refractivity (Wildman–Crippen MR) is 116 cm³/mol. The van der Waals surface area contributed by atoms with Crippen LogP contribution in [0.25, 0.3) is 0 Å². The highest BCUT2D eigenvalue weighted by atomic mass is 16.7. The van der Waals surface area contributed by atoms with Gasteiger partial charge in [-0.05, 0) is 62.3 Å². The van der Waals surface area contributed by atoms with Crippen LogP contribution in [0.2, 0.25) is 0 Å². The normalized spacial score (nSPS) is 26.2. The van der Waals surface area contributed by atoms with Crippen molar-refractivity contribution in [2.75, 3.05) is 6.61 Å². The monoisotopic (exact) mass is 474 g/mol. The van der Waals surface area contributed by atoms with Crippen LogP contribution in [0.4, 0.5) is 0 Å². The summed E-state index contributed by atoms with van der Waals surface area (Å²) in [5.74, 6) is -2.65. The van der Waals surface area contributed by atoms with Gasteiger partial charge in [0.05, 0.1) is 16.2 Å². The van der Waals surface area contributed by atoms with Crippen LogP contribution in [0.5, 0.6) is 0 Å². The fourth-order valence-corrected chi connectivity index (χ4v) is 2.60. The molecule has 10 heteroatoms. The van der Waals surface area contributed by atoms with Crippen molar-refractivity contribution in [1.29, 1.82) is 0 Å². The molecule has 0 unspecified atom stereocenters. The van der Waals surface area contributed by atoms with Gasteiger partial charge in [0.1, 0.15) is 12.7 Å². The molecule has 0 radical (unpaired) electrons. The van der Waals surface area contributed by atoms with Crippen molar-refractivity contribution in [2.24, 2.45) is 16.2 Å². The minimum absolute atomic E-state index is 0.394. The van der Waals surface area contributed by atoms with Gasteiger partial charge in [-0.3, -0.25) is 19.2 Å². The van der Waals surface area contributed by atoms with E-state index in [4.69, 9.17) is 23.7 Å². The van der Waals surface area contributed by atoms with Gasteiger partial charge in [-0.25, -0.2) is 0 Å². The largest absolute Gasteiger partial charge is 0.462 e. The third-order valence-electron chi connectivity index (χ3n) is 4.61. The standard InChI is InChI=1S/C23H38O10/c1-12(24)30-14-13(11-29-18(26)21(2,3)4)31-17(25)16(33-20(28)23(8,9)10)15(14)32-19(27)22(5,6)7/h13-17,25H,11H2,1-10H3/t13-,14+,15+,16-,17+/m1/s1. The molecular weight excluding hydrogens is 436 g/mol. The van der Waals surface area contributed by atoms with Crippen molar-refractivity contribution < 1.29 is 48.0 Å². The smallest absolute Gasteiger partial charge is 0.311 e. The Hall–Kier alpha value is -2.20. The number of aliphatic hydroxyl groups is 1. The van der Waals surface area contributed by atoms with Crippen LogP contribution in [-0.2, 0) is 42.9 Å². The topological polar surface area (TPSA) is 135 Å². The molecule has 1 N–H and O–H groups in total. The lowest BCUT2D eigenvalue weighted by atomic mass is 9.94. The molecule has 1 aliphatic rings. The minimum atomic E-state index is -1.74. The zero-order chi connectivity index (χ0) is 25.9. The Balaban J connectivity index is 3.34. The van der Waals surface area contributed by atoms with E-state index in [2.05, 4.69) is 0 Å². The molecule has 1 fully saturated rings. The van der Waals surface area contributed by atoms with Crippen molar-refractivity contribution in [1.82, 2.24) is 0 Å². The first-order valence-electron chi connectivity index (χ1n) is 10.8. The van der Waals surface area contributed by atoms with E-state index in [1.54, 1.807) is 62.3 Å². The summed E-state index contributed by atoms with van der Waals surface area (Å²) in [6, 6.07) is 0. The second kappa shape index (κ2) is 10.4. The molecule has 0 amide bonds. The number of esters is 4. The van der Waals surface area contributed by atoms with Gasteiger partial charge in [0.25, 0.3) is 0 Å². The Bertz CT molecular complexity index is 738. The highest BCUT2D eigenvalue weighted by Crippen LogP contribution is 2.32. The lowest BCUT2D eigenvalue weighted by Gasteiger charge is -2.44. The third-order valence-corrected chi connectivity index (χ3v) is 4.61. The summed E-state index contributed by atoms with van der Waals surface area (Å²) < 4.78 is 27.2. The third kappa shape index (κ3) is 8.26. The average Bonchev–Trinajstić information content (AvgIpc) is 2.61. The van der Waals surface area contributed by atoms with Crippen molar-refractivity contribution >= 4 is 23.9 Å². The lowest BCUT2D eigenvalue weighted by Crippen LogP contribution is -2.63. The average molecular weight is 475 g/mol. The fourth-order valence-electron chi connectivity index (χ4n) is 2.60. The molecule has 0 spiro atoms. The van der Waals surface area contributed by atoms with E-state index in [0.29, 0.717) is 0 Å². The number of rotatable bonds is 5. The van der Waals surface area contributed by atoms with E-state index in [1.165, 1.54) is 0 Å². The van der Waals surface area contributed by atoms with E-state index in [1.807, 2.05) is 0 Å².